The Morgan fingerprint density at radius 1 is 1.26 bits per heavy atom. The van der Waals surface area contributed by atoms with Crippen molar-refractivity contribution in [2.24, 2.45) is 10.9 Å². The minimum absolute atomic E-state index is 0.0425. The fourth-order valence-corrected chi connectivity index (χ4v) is 1.95. The summed E-state index contributed by atoms with van der Waals surface area (Å²) in [4.78, 5) is 20.0. The summed E-state index contributed by atoms with van der Waals surface area (Å²) in [6.45, 7) is 7.55. The number of carbonyl (C=O) groups excluding carboxylic acids is 1. The number of amides is 1. The summed E-state index contributed by atoms with van der Waals surface area (Å²) < 4.78 is 0. The summed E-state index contributed by atoms with van der Waals surface area (Å²) in [5.41, 5.74) is 0. The first kappa shape index (κ1) is 15.8. The molecule has 1 amide bonds. The van der Waals surface area contributed by atoms with Gasteiger partial charge in [0, 0.05) is 33.7 Å². The van der Waals surface area contributed by atoms with Crippen LogP contribution < -0.4 is 5.32 Å². The van der Waals surface area contributed by atoms with Crippen molar-refractivity contribution in [3.05, 3.63) is 0 Å². The Labute approximate surface area is 117 Å². The van der Waals surface area contributed by atoms with E-state index >= 15 is 0 Å². The van der Waals surface area contributed by atoms with E-state index in [-0.39, 0.29) is 12.5 Å². The van der Waals surface area contributed by atoms with Gasteiger partial charge in [-0.15, -0.1) is 0 Å². The number of likely N-dealkylation sites (N-methyl/N-ethyl adjacent to an activating group) is 1. The third-order valence-electron chi connectivity index (χ3n) is 3.19. The number of aliphatic imine (C=N–C) groups is 1. The quantitative estimate of drug-likeness (QED) is 0.615. The molecule has 1 aliphatic rings. The summed E-state index contributed by atoms with van der Waals surface area (Å²) in [7, 11) is 3.53. The molecule has 0 bridgehead atoms. The fourth-order valence-electron chi connectivity index (χ4n) is 1.95. The lowest BCUT2D eigenvalue weighted by atomic mass is 10.1. The fraction of sp³-hybridized carbons (Fsp3) is 0.857. The highest BCUT2D eigenvalue weighted by Gasteiger charge is 2.15. The predicted octanol–water partition coefficient (Wildman–Crippen LogP) is 1.16. The zero-order chi connectivity index (χ0) is 14.3. The van der Waals surface area contributed by atoms with Crippen molar-refractivity contribution in [1.29, 1.82) is 0 Å². The Balaban J connectivity index is 2.61. The van der Waals surface area contributed by atoms with E-state index in [0.717, 1.165) is 25.6 Å². The lowest BCUT2D eigenvalue weighted by molar-refractivity contribution is -0.127. The van der Waals surface area contributed by atoms with Crippen molar-refractivity contribution in [3.63, 3.8) is 0 Å². The standard InChI is InChI=1S/C14H28N4O/c1-12(2)10-15-14(16-11-13(19)17(3)4)18-8-6-5-7-9-18/h12H,5-11H2,1-4H3,(H,15,16). The Hall–Kier alpha value is -1.26. The van der Waals surface area contributed by atoms with Crippen LogP contribution in [0.3, 0.4) is 0 Å². The molecular weight excluding hydrogens is 240 g/mol. The molecule has 1 N–H and O–H groups in total. The number of likely N-dealkylation sites (tertiary alicyclic amines) is 1. The van der Waals surface area contributed by atoms with Gasteiger partial charge in [0.1, 0.15) is 6.54 Å². The Morgan fingerprint density at radius 2 is 1.89 bits per heavy atom. The summed E-state index contributed by atoms with van der Waals surface area (Å²) in [6.07, 6.45) is 3.72. The molecule has 1 aliphatic heterocycles. The summed E-state index contributed by atoms with van der Waals surface area (Å²) in [5, 5.41) is 3.39. The number of hydrogen-bond acceptors (Lipinski definition) is 2. The van der Waals surface area contributed by atoms with Crippen LogP contribution in [0.2, 0.25) is 0 Å². The molecule has 5 nitrogen and oxygen atoms in total. The van der Waals surface area contributed by atoms with Gasteiger partial charge < -0.3 is 15.1 Å². The number of piperidine rings is 1. The van der Waals surface area contributed by atoms with Crippen molar-refractivity contribution < 1.29 is 4.79 Å². The van der Waals surface area contributed by atoms with Crippen LogP contribution in [-0.2, 0) is 4.79 Å². The lowest BCUT2D eigenvalue weighted by Crippen LogP contribution is -2.45. The molecule has 5 heteroatoms. The molecule has 0 radical (unpaired) electrons. The maximum absolute atomic E-state index is 11.6. The van der Waals surface area contributed by atoms with Gasteiger partial charge in [-0.05, 0) is 25.2 Å². The molecule has 1 rings (SSSR count). The summed E-state index contributed by atoms with van der Waals surface area (Å²) in [6, 6.07) is 0. The molecule has 0 saturated carbocycles. The highest BCUT2D eigenvalue weighted by molar-refractivity contribution is 5.84. The molecule has 1 fully saturated rings. The first-order chi connectivity index (χ1) is 9.00. The van der Waals surface area contributed by atoms with Gasteiger partial charge >= 0.3 is 0 Å². The van der Waals surface area contributed by atoms with Gasteiger partial charge in [0.15, 0.2) is 5.96 Å². The third-order valence-corrected chi connectivity index (χ3v) is 3.19. The van der Waals surface area contributed by atoms with E-state index in [4.69, 9.17) is 0 Å². The molecule has 0 atom stereocenters. The zero-order valence-corrected chi connectivity index (χ0v) is 12.8. The lowest BCUT2D eigenvalue weighted by Gasteiger charge is -2.30. The van der Waals surface area contributed by atoms with E-state index in [9.17, 15) is 4.79 Å². The monoisotopic (exact) mass is 268 g/mol. The second-order valence-corrected chi connectivity index (χ2v) is 5.75. The number of guanidine groups is 1. The van der Waals surface area contributed by atoms with Crippen LogP contribution in [0, 0.1) is 5.92 Å². The van der Waals surface area contributed by atoms with Crippen molar-refractivity contribution in [1.82, 2.24) is 15.1 Å². The second kappa shape index (κ2) is 8.02. The first-order valence-electron chi connectivity index (χ1n) is 7.24. The number of hydrogen-bond donors (Lipinski definition) is 1. The van der Waals surface area contributed by atoms with Gasteiger partial charge in [0.2, 0.25) is 5.91 Å². The second-order valence-electron chi connectivity index (χ2n) is 5.75. The first-order valence-corrected chi connectivity index (χ1v) is 7.24. The van der Waals surface area contributed by atoms with Crippen LogP contribution in [0.5, 0.6) is 0 Å². The van der Waals surface area contributed by atoms with Gasteiger partial charge in [0.05, 0.1) is 0 Å². The van der Waals surface area contributed by atoms with Crippen LogP contribution in [-0.4, -0.2) is 61.9 Å². The zero-order valence-electron chi connectivity index (χ0n) is 12.8. The average Bonchev–Trinajstić information content (AvgIpc) is 2.39. The molecule has 0 aromatic carbocycles. The minimum atomic E-state index is 0.0425. The highest BCUT2D eigenvalue weighted by atomic mass is 16.2. The van der Waals surface area contributed by atoms with E-state index in [1.807, 2.05) is 0 Å². The minimum Gasteiger partial charge on any atom is -0.356 e. The van der Waals surface area contributed by atoms with Gasteiger partial charge in [-0.2, -0.15) is 0 Å². The Bertz CT molecular complexity index is 307. The molecule has 0 unspecified atom stereocenters. The number of nitrogens with one attached hydrogen (secondary N) is 1. The van der Waals surface area contributed by atoms with E-state index in [1.165, 1.54) is 19.3 Å². The van der Waals surface area contributed by atoms with Crippen LogP contribution >= 0.6 is 0 Å². The van der Waals surface area contributed by atoms with Gasteiger partial charge in [0.25, 0.3) is 0 Å². The van der Waals surface area contributed by atoms with E-state index in [2.05, 4.69) is 29.1 Å². The maximum atomic E-state index is 11.6. The molecule has 0 spiro atoms. The largest absolute Gasteiger partial charge is 0.356 e. The van der Waals surface area contributed by atoms with Gasteiger partial charge in [-0.3, -0.25) is 4.79 Å². The molecular formula is C14H28N4O. The average molecular weight is 268 g/mol. The van der Waals surface area contributed by atoms with Crippen molar-refractivity contribution in [3.8, 4) is 0 Å². The molecule has 110 valence electrons. The SMILES string of the molecule is CC(C)CNC(=NCC(=O)N(C)C)N1CCCCC1. The number of rotatable bonds is 4. The maximum Gasteiger partial charge on any atom is 0.243 e. The van der Waals surface area contributed by atoms with Gasteiger partial charge in [-0.25, -0.2) is 4.99 Å². The molecule has 1 heterocycles. The van der Waals surface area contributed by atoms with E-state index in [1.54, 1.807) is 19.0 Å². The molecule has 19 heavy (non-hydrogen) atoms. The molecule has 1 saturated heterocycles. The number of carbonyl (C=O) groups is 1. The Morgan fingerprint density at radius 3 is 2.42 bits per heavy atom. The Kier molecular flexibility index (Phi) is 6.67. The van der Waals surface area contributed by atoms with Crippen molar-refractivity contribution in [2.45, 2.75) is 33.1 Å². The van der Waals surface area contributed by atoms with Crippen LogP contribution in [0.1, 0.15) is 33.1 Å². The topological polar surface area (TPSA) is 47.9 Å². The van der Waals surface area contributed by atoms with Crippen LogP contribution in [0.4, 0.5) is 0 Å². The van der Waals surface area contributed by atoms with E-state index < -0.39 is 0 Å². The van der Waals surface area contributed by atoms with Crippen LogP contribution in [0.25, 0.3) is 0 Å². The smallest absolute Gasteiger partial charge is 0.243 e. The summed E-state index contributed by atoms with van der Waals surface area (Å²) >= 11 is 0. The number of nitrogens with zero attached hydrogens (tertiary/aromatic N) is 3. The van der Waals surface area contributed by atoms with Gasteiger partial charge in [-0.1, -0.05) is 13.8 Å². The van der Waals surface area contributed by atoms with Crippen molar-refractivity contribution >= 4 is 11.9 Å². The third kappa shape index (κ3) is 5.94. The molecule has 0 aromatic heterocycles. The molecule has 0 aromatic rings. The highest BCUT2D eigenvalue weighted by Crippen LogP contribution is 2.09. The van der Waals surface area contributed by atoms with Crippen molar-refractivity contribution in [2.75, 3.05) is 40.3 Å². The molecule has 0 aliphatic carbocycles. The predicted molar refractivity (Wildman–Crippen MR) is 79.3 cm³/mol. The van der Waals surface area contributed by atoms with E-state index in [0.29, 0.717) is 5.92 Å². The summed E-state index contributed by atoms with van der Waals surface area (Å²) in [5.74, 6) is 1.50. The normalized spacial score (nSPS) is 16.7. The van der Waals surface area contributed by atoms with Crippen LogP contribution in [0.15, 0.2) is 4.99 Å².